The largest absolute Gasteiger partial charge is 0.328 e. The average Bonchev–Trinajstić information content (AvgIpc) is 2.70. The Morgan fingerprint density at radius 1 is 1.56 bits per heavy atom. The van der Waals surface area contributed by atoms with Crippen LogP contribution in [0.3, 0.4) is 0 Å². The molecule has 1 aromatic rings. The number of hydrogen-bond acceptors (Lipinski definition) is 3. The van der Waals surface area contributed by atoms with Gasteiger partial charge in [0.25, 0.3) is 0 Å². The lowest BCUT2D eigenvalue weighted by Crippen LogP contribution is -2.44. The highest BCUT2D eigenvalue weighted by Gasteiger charge is 2.23. The number of rotatable bonds is 3. The minimum absolute atomic E-state index is 0.393. The van der Waals surface area contributed by atoms with Gasteiger partial charge < -0.3 is 5.73 Å². The van der Waals surface area contributed by atoms with Crippen molar-refractivity contribution < 1.29 is 0 Å². The van der Waals surface area contributed by atoms with Crippen molar-refractivity contribution in [1.82, 2.24) is 14.7 Å². The molecule has 0 aromatic carbocycles. The van der Waals surface area contributed by atoms with Crippen LogP contribution in [-0.2, 0) is 13.1 Å². The SMILES string of the molecule is CCn1cc(CN2CCC(N)CC2C)cn1. The molecule has 4 nitrogen and oxygen atoms in total. The Morgan fingerprint density at radius 2 is 2.38 bits per heavy atom. The summed E-state index contributed by atoms with van der Waals surface area (Å²) in [6.45, 7) is 7.44. The first-order valence-corrected chi connectivity index (χ1v) is 6.20. The number of aryl methyl sites for hydroxylation is 1. The second-order valence-electron chi connectivity index (χ2n) is 4.81. The van der Waals surface area contributed by atoms with Crippen LogP contribution in [0.2, 0.25) is 0 Å². The number of piperidine rings is 1. The highest BCUT2D eigenvalue weighted by atomic mass is 15.3. The second kappa shape index (κ2) is 4.97. The van der Waals surface area contributed by atoms with Gasteiger partial charge in [-0.3, -0.25) is 9.58 Å². The molecule has 2 rings (SSSR count). The Hall–Kier alpha value is -0.870. The number of likely N-dealkylation sites (tertiary alicyclic amines) is 1. The van der Waals surface area contributed by atoms with Gasteiger partial charge in [-0.05, 0) is 26.7 Å². The monoisotopic (exact) mass is 222 g/mol. The van der Waals surface area contributed by atoms with E-state index in [1.807, 2.05) is 10.9 Å². The van der Waals surface area contributed by atoms with E-state index in [9.17, 15) is 0 Å². The molecule has 0 saturated carbocycles. The summed E-state index contributed by atoms with van der Waals surface area (Å²) in [6.07, 6.45) is 6.35. The summed E-state index contributed by atoms with van der Waals surface area (Å²) in [6, 6.07) is 0.985. The zero-order valence-electron chi connectivity index (χ0n) is 10.3. The summed E-state index contributed by atoms with van der Waals surface area (Å²) in [5.41, 5.74) is 7.27. The molecule has 2 N–H and O–H groups in total. The Labute approximate surface area is 97.4 Å². The highest BCUT2D eigenvalue weighted by Crippen LogP contribution is 2.18. The first-order valence-electron chi connectivity index (χ1n) is 6.20. The molecule has 2 heterocycles. The fraction of sp³-hybridized carbons (Fsp3) is 0.750. The van der Waals surface area contributed by atoms with E-state index in [4.69, 9.17) is 5.73 Å². The normalized spacial score (nSPS) is 27.2. The van der Waals surface area contributed by atoms with Gasteiger partial charge in [0.2, 0.25) is 0 Å². The zero-order valence-corrected chi connectivity index (χ0v) is 10.3. The molecule has 4 heteroatoms. The summed E-state index contributed by atoms with van der Waals surface area (Å²) >= 11 is 0. The number of nitrogens with zero attached hydrogens (tertiary/aromatic N) is 3. The number of aromatic nitrogens is 2. The molecule has 1 aromatic heterocycles. The fourth-order valence-corrected chi connectivity index (χ4v) is 2.39. The number of nitrogens with two attached hydrogens (primary N) is 1. The molecular weight excluding hydrogens is 200 g/mol. The predicted molar refractivity (Wildman–Crippen MR) is 65.0 cm³/mol. The van der Waals surface area contributed by atoms with Crippen LogP contribution in [0.1, 0.15) is 32.3 Å². The van der Waals surface area contributed by atoms with Crippen LogP contribution in [0.25, 0.3) is 0 Å². The maximum absolute atomic E-state index is 5.96. The van der Waals surface area contributed by atoms with Gasteiger partial charge in [0.1, 0.15) is 0 Å². The molecule has 16 heavy (non-hydrogen) atoms. The van der Waals surface area contributed by atoms with Gasteiger partial charge in [-0.2, -0.15) is 5.10 Å². The molecule has 1 fully saturated rings. The fourth-order valence-electron chi connectivity index (χ4n) is 2.39. The van der Waals surface area contributed by atoms with Crippen LogP contribution in [0.15, 0.2) is 12.4 Å². The minimum Gasteiger partial charge on any atom is -0.328 e. The van der Waals surface area contributed by atoms with Crippen molar-refractivity contribution in [1.29, 1.82) is 0 Å². The Bertz CT molecular complexity index is 334. The molecular formula is C12H22N4. The van der Waals surface area contributed by atoms with Crippen LogP contribution in [0, 0.1) is 0 Å². The smallest absolute Gasteiger partial charge is 0.0534 e. The van der Waals surface area contributed by atoms with Crippen LogP contribution < -0.4 is 5.73 Å². The van der Waals surface area contributed by atoms with Crippen LogP contribution in [0.4, 0.5) is 0 Å². The van der Waals surface area contributed by atoms with Gasteiger partial charge in [-0.1, -0.05) is 0 Å². The summed E-state index contributed by atoms with van der Waals surface area (Å²) < 4.78 is 1.98. The lowest BCUT2D eigenvalue weighted by molar-refractivity contribution is 0.140. The molecule has 0 spiro atoms. The molecule has 1 saturated heterocycles. The van der Waals surface area contributed by atoms with Gasteiger partial charge in [0.05, 0.1) is 6.20 Å². The quantitative estimate of drug-likeness (QED) is 0.836. The van der Waals surface area contributed by atoms with E-state index in [1.54, 1.807) is 0 Å². The Balaban J connectivity index is 1.93. The average molecular weight is 222 g/mol. The lowest BCUT2D eigenvalue weighted by Gasteiger charge is -2.36. The third-order valence-electron chi connectivity index (χ3n) is 3.45. The first-order chi connectivity index (χ1) is 7.69. The molecule has 1 aliphatic heterocycles. The minimum atomic E-state index is 0.393. The zero-order chi connectivity index (χ0) is 11.5. The molecule has 2 unspecified atom stereocenters. The van der Waals surface area contributed by atoms with Gasteiger partial charge in [-0.15, -0.1) is 0 Å². The van der Waals surface area contributed by atoms with E-state index >= 15 is 0 Å². The Morgan fingerprint density at radius 3 is 3.00 bits per heavy atom. The molecule has 0 bridgehead atoms. The van der Waals surface area contributed by atoms with Crippen molar-refractivity contribution in [2.24, 2.45) is 5.73 Å². The standard InChI is InChI=1S/C12H22N4/c1-3-16-9-11(7-14-16)8-15-5-4-12(13)6-10(15)2/h7,9-10,12H,3-6,8,13H2,1-2H3. The molecule has 0 aliphatic carbocycles. The van der Waals surface area contributed by atoms with E-state index in [0.717, 1.165) is 32.5 Å². The van der Waals surface area contributed by atoms with E-state index in [0.29, 0.717) is 12.1 Å². The molecule has 90 valence electrons. The molecule has 2 atom stereocenters. The van der Waals surface area contributed by atoms with E-state index < -0.39 is 0 Å². The van der Waals surface area contributed by atoms with Crippen LogP contribution in [0.5, 0.6) is 0 Å². The van der Waals surface area contributed by atoms with Crippen molar-refractivity contribution in [3.8, 4) is 0 Å². The molecule has 1 aliphatic rings. The van der Waals surface area contributed by atoms with Crippen molar-refractivity contribution in [2.45, 2.75) is 51.9 Å². The van der Waals surface area contributed by atoms with Crippen molar-refractivity contribution in [2.75, 3.05) is 6.54 Å². The topological polar surface area (TPSA) is 47.1 Å². The van der Waals surface area contributed by atoms with E-state index in [2.05, 4.69) is 30.0 Å². The van der Waals surface area contributed by atoms with Gasteiger partial charge >= 0.3 is 0 Å². The summed E-state index contributed by atoms with van der Waals surface area (Å²) in [5.74, 6) is 0. The van der Waals surface area contributed by atoms with Crippen molar-refractivity contribution >= 4 is 0 Å². The maximum atomic E-state index is 5.96. The maximum Gasteiger partial charge on any atom is 0.0534 e. The van der Waals surface area contributed by atoms with Crippen molar-refractivity contribution in [3.05, 3.63) is 18.0 Å². The molecule has 0 amide bonds. The summed E-state index contributed by atoms with van der Waals surface area (Å²) in [4.78, 5) is 2.50. The van der Waals surface area contributed by atoms with E-state index in [1.165, 1.54) is 5.56 Å². The number of hydrogen-bond donors (Lipinski definition) is 1. The van der Waals surface area contributed by atoms with Crippen molar-refractivity contribution in [3.63, 3.8) is 0 Å². The van der Waals surface area contributed by atoms with Crippen LogP contribution in [-0.4, -0.2) is 33.3 Å². The summed E-state index contributed by atoms with van der Waals surface area (Å²) in [5, 5.41) is 4.31. The van der Waals surface area contributed by atoms with E-state index in [-0.39, 0.29) is 0 Å². The third-order valence-corrected chi connectivity index (χ3v) is 3.45. The lowest BCUT2D eigenvalue weighted by atomic mass is 9.99. The molecule has 0 radical (unpaired) electrons. The summed E-state index contributed by atoms with van der Waals surface area (Å²) in [7, 11) is 0. The second-order valence-corrected chi connectivity index (χ2v) is 4.81. The highest BCUT2D eigenvalue weighted by molar-refractivity contribution is 5.04. The van der Waals surface area contributed by atoms with Gasteiger partial charge in [0.15, 0.2) is 0 Å². The van der Waals surface area contributed by atoms with Gasteiger partial charge in [-0.25, -0.2) is 0 Å². The van der Waals surface area contributed by atoms with Crippen LogP contribution >= 0.6 is 0 Å². The first kappa shape index (κ1) is 11.6. The third kappa shape index (κ3) is 2.62. The van der Waals surface area contributed by atoms with Gasteiger partial charge in [0, 0.05) is 43.5 Å². The Kier molecular flexibility index (Phi) is 3.61. The predicted octanol–water partition coefficient (Wildman–Crippen LogP) is 1.21.